The van der Waals surface area contributed by atoms with Gasteiger partial charge in [0.05, 0.1) is 11.9 Å². The number of carbonyl (C=O) groups is 1. The van der Waals surface area contributed by atoms with Crippen LogP contribution in [-0.2, 0) is 17.9 Å². The third kappa shape index (κ3) is 4.08. The molecule has 2 aromatic rings. The fourth-order valence-corrected chi connectivity index (χ4v) is 2.90. The summed E-state index contributed by atoms with van der Waals surface area (Å²) in [6.07, 6.45) is 8.70. The molecule has 0 unspecified atom stereocenters. The summed E-state index contributed by atoms with van der Waals surface area (Å²) in [5.74, 6) is 1.53. The molecule has 3 rings (SSSR count). The van der Waals surface area contributed by atoms with Crippen LogP contribution in [0.15, 0.2) is 22.9 Å². The monoisotopic (exact) mass is 330 g/mol. The molecule has 8 heteroatoms. The molecule has 2 aromatic heterocycles. The maximum absolute atomic E-state index is 12.3. The van der Waals surface area contributed by atoms with Crippen molar-refractivity contribution in [1.82, 2.24) is 24.9 Å². The zero-order valence-corrected chi connectivity index (χ0v) is 13.8. The number of carbonyl (C=O) groups excluding carboxylic acids is 1. The Kier molecular flexibility index (Phi) is 5.05. The minimum absolute atomic E-state index is 0.0169. The van der Waals surface area contributed by atoms with E-state index in [1.165, 1.54) is 6.08 Å². The highest BCUT2D eigenvalue weighted by atomic mass is 16.3. The number of hydrogen-bond acceptors (Lipinski definition) is 6. The molecule has 1 fully saturated rings. The van der Waals surface area contributed by atoms with Crippen molar-refractivity contribution >= 4 is 12.0 Å². The molecule has 1 saturated heterocycles. The summed E-state index contributed by atoms with van der Waals surface area (Å²) in [4.78, 5) is 18.3. The SMILES string of the molecule is Cc1cnc(/C=C/C(=O)N2CCC[C@@H](Cn3cc(CN)nn3)C2)o1. The van der Waals surface area contributed by atoms with E-state index in [1.54, 1.807) is 12.3 Å². The minimum Gasteiger partial charge on any atom is -0.442 e. The zero-order valence-electron chi connectivity index (χ0n) is 13.8. The number of hydrogen-bond donors (Lipinski definition) is 1. The lowest BCUT2D eigenvalue weighted by molar-refractivity contribution is -0.127. The van der Waals surface area contributed by atoms with Gasteiger partial charge in [-0.15, -0.1) is 5.10 Å². The van der Waals surface area contributed by atoms with Crippen molar-refractivity contribution in [2.75, 3.05) is 13.1 Å². The van der Waals surface area contributed by atoms with Gasteiger partial charge in [-0.2, -0.15) is 0 Å². The maximum atomic E-state index is 12.3. The van der Waals surface area contributed by atoms with Gasteiger partial charge in [0.2, 0.25) is 11.8 Å². The molecule has 1 aliphatic heterocycles. The van der Waals surface area contributed by atoms with E-state index in [9.17, 15) is 4.79 Å². The Morgan fingerprint density at radius 2 is 2.42 bits per heavy atom. The second-order valence-electron chi connectivity index (χ2n) is 6.07. The molecule has 0 radical (unpaired) electrons. The molecule has 24 heavy (non-hydrogen) atoms. The molecule has 1 atom stereocenters. The Labute approximate surface area is 140 Å². The van der Waals surface area contributed by atoms with Gasteiger partial charge in [0.1, 0.15) is 5.76 Å². The molecule has 1 amide bonds. The highest BCUT2D eigenvalue weighted by Crippen LogP contribution is 2.18. The van der Waals surface area contributed by atoms with Crippen molar-refractivity contribution in [2.24, 2.45) is 11.7 Å². The molecule has 0 spiro atoms. The Balaban J connectivity index is 1.56. The van der Waals surface area contributed by atoms with Gasteiger partial charge in [0.25, 0.3) is 0 Å². The third-order valence-electron chi connectivity index (χ3n) is 4.08. The van der Waals surface area contributed by atoms with Crippen LogP contribution in [0.1, 0.15) is 30.2 Å². The first kappa shape index (κ1) is 16.4. The molecule has 3 heterocycles. The lowest BCUT2D eigenvalue weighted by atomic mass is 9.98. The van der Waals surface area contributed by atoms with Gasteiger partial charge in [-0.05, 0) is 25.7 Å². The first-order chi connectivity index (χ1) is 11.6. The van der Waals surface area contributed by atoms with Crippen LogP contribution in [0.3, 0.4) is 0 Å². The van der Waals surface area contributed by atoms with Gasteiger partial charge in [-0.1, -0.05) is 5.21 Å². The molecule has 8 nitrogen and oxygen atoms in total. The van der Waals surface area contributed by atoms with Gasteiger partial charge in [-0.25, -0.2) is 4.98 Å². The molecule has 1 aliphatic rings. The fraction of sp³-hybridized carbons (Fsp3) is 0.500. The van der Waals surface area contributed by atoms with E-state index in [4.69, 9.17) is 10.2 Å². The van der Waals surface area contributed by atoms with Crippen molar-refractivity contribution < 1.29 is 9.21 Å². The number of oxazole rings is 1. The normalized spacial score (nSPS) is 18.4. The summed E-state index contributed by atoms with van der Waals surface area (Å²) in [7, 11) is 0. The molecule has 0 aliphatic carbocycles. The molecule has 0 bridgehead atoms. The number of nitrogens with zero attached hydrogens (tertiary/aromatic N) is 5. The minimum atomic E-state index is -0.0169. The Morgan fingerprint density at radius 3 is 3.12 bits per heavy atom. The summed E-state index contributed by atoms with van der Waals surface area (Å²) in [6.45, 7) is 4.45. The highest BCUT2D eigenvalue weighted by Gasteiger charge is 2.23. The Hall–Kier alpha value is -2.48. The van der Waals surface area contributed by atoms with Crippen LogP contribution >= 0.6 is 0 Å². The standard InChI is InChI=1S/C16H22N6O2/c1-12-8-18-15(24-12)4-5-16(23)21-6-2-3-13(9-21)10-22-11-14(7-17)19-20-22/h4-5,8,11,13H,2-3,6-7,9-10,17H2,1H3/b5-4+/t13-/m1/s1. The molecule has 2 N–H and O–H groups in total. The second kappa shape index (κ2) is 7.39. The fourth-order valence-electron chi connectivity index (χ4n) is 2.90. The van der Waals surface area contributed by atoms with Gasteiger partial charge >= 0.3 is 0 Å². The van der Waals surface area contributed by atoms with E-state index in [0.717, 1.165) is 37.4 Å². The lowest BCUT2D eigenvalue weighted by Gasteiger charge is -2.31. The Morgan fingerprint density at radius 1 is 1.54 bits per heavy atom. The van der Waals surface area contributed by atoms with Crippen LogP contribution in [0.4, 0.5) is 0 Å². The predicted molar refractivity (Wildman–Crippen MR) is 87.5 cm³/mol. The average molecular weight is 330 g/mol. The van der Waals surface area contributed by atoms with Crippen molar-refractivity contribution in [3.05, 3.63) is 35.8 Å². The summed E-state index contributed by atoms with van der Waals surface area (Å²) in [5.41, 5.74) is 6.33. The lowest BCUT2D eigenvalue weighted by Crippen LogP contribution is -2.40. The topological polar surface area (TPSA) is 103 Å². The molecule has 128 valence electrons. The third-order valence-corrected chi connectivity index (χ3v) is 4.08. The maximum Gasteiger partial charge on any atom is 0.246 e. The van der Waals surface area contributed by atoms with E-state index >= 15 is 0 Å². The number of rotatable bonds is 5. The van der Waals surface area contributed by atoms with E-state index in [1.807, 2.05) is 22.7 Å². The van der Waals surface area contributed by atoms with Crippen LogP contribution in [0.25, 0.3) is 6.08 Å². The highest BCUT2D eigenvalue weighted by molar-refractivity contribution is 5.91. The average Bonchev–Trinajstić information content (AvgIpc) is 3.21. The number of likely N-dealkylation sites (tertiary alicyclic amines) is 1. The van der Waals surface area contributed by atoms with Gasteiger partial charge in [0.15, 0.2) is 0 Å². The zero-order chi connectivity index (χ0) is 16.9. The van der Waals surface area contributed by atoms with E-state index in [0.29, 0.717) is 24.9 Å². The van der Waals surface area contributed by atoms with Crippen LogP contribution in [0, 0.1) is 12.8 Å². The quantitative estimate of drug-likeness (QED) is 0.820. The van der Waals surface area contributed by atoms with Gasteiger partial charge < -0.3 is 15.1 Å². The van der Waals surface area contributed by atoms with E-state index in [-0.39, 0.29) is 5.91 Å². The number of aryl methyl sites for hydroxylation is 1. The van der Waals surface area contributed by atoms with Crippen molar-refractivity contribution in [3.8, 4) is 0 Å². The Bertz CT molecular complexity index is 720. The van der Waals surface area contributed by atoms with Crippen molar-refractivity contribution in [3.63, 3.8) is 0 Å². The van der Waals surface area contributed by atoms with Gasteiger partial charge in [0, 0.05) is 44.5 Å². The molecular weight excluding hydrogens is 308 g/mol. The predicted octanol–water partition coefficient (Wildman–Crippen LogP) is 0.985. The smallest absolute Gasteiger partial charge is 0.246 e. The summed E-state index contributed by atoms with van der Waals surface area (Å²) < 4.78 is 7.15. The number of amides is 1. The van der Waals surface area contributed by atoms with E-state index in [2.05, 4.69) is 15.3 Å². The van der Waals surface area contributed by atoms with Crippen LogP contribution in [-0.4, -0.2) is 43.9 Å². The summed E-state index contributed by atoms with van der Waals surface area (Å²) in [6, 6.07) is 0. The van der Waals surface area contributed by atoms with E-state index < -0.39 is 0 Å². The van der Waals surface area contributed by atoms with Crippen LogP contribution in [0.5, 0.6) is 0 Å². The first-order valence-corrected chi connectivity index (χ1v) is 8.12. The molecular formula is C16H22N6O2. The van der Waals surface area contributed by atoms with Crippen molar-refractivity contribution in [1.29, 1.82) is 0 Å². The van der Waals surface area contributed by atoms with Crippen molar-refractivity contribution in [2.45, 2.75) is 32.9 Å². The summed E-state index contributed by atoms with van der Waals surface area (Å²) >= 11 is 0. The van der Waals surface area contributed by atoms with Crippen LogP contribution in [0.2, 0.25) is 0 Å². The summed E-state index contributed by atoms with van der Waals surface area (Å²) in [5, 5.41) is 8.08. The second-order valence-corrected chi connectivity index (χ2v) is 6.07. The number of piperidine rings is 1. The molecule has 0 aromatic carbocycles. The number of aromatic nitrogens is 4. The number of nitrogens with two attached hydrogens (primary N) is 1. The van der Waals surface area contributed by atoms with Crippen LogP contribution < -0.4 is 5.73 Å². The molecule has 0 saturated carbocycles. The first-order valence-electron chi connectivity index (χ1n) is 8.12. The van der Waals surface area contributed by atoms with Gasteiger partial charge in [-0.3, -0.25) is 9.48 Å². The largest absolute Gasteiger partial charge is 0.442 e.